The number of likely N-dealkylation sites (tertiary alicyclic amines) is 2. The zero-order valence-corrected chi connectivity index (χ0v) is 17.1. The number of aryl methyl sites for hydroxylation is 1. The first-order valence-corrected chi connectivity index (χ1v) is 10.5. The van der Waals surface area contributed by atoms with Crippen LogP contribution >= 0.6 is 0 Å². The van der Waals surface area contributed by atoms with Crippen molar-refractivity contribution in [1.29, 1.82) is 0 Å². The van der Waals surface area contributed by atoms with Crippen LogP contribution < -0.4 is 0 Å². The summed E-state index contributed by atoms with van der Waals surface area (Å²) >= 11 is 0. The van der Waals surface area contributed by atoms with Crippen LogP contribution in [-0.4, -0.2) is 66.9 Å². The number of hydrogen-bond donors (Lipinski definition) is 1. The van der Waals surface area contributed by atoms with Crippen molar-refractivity contribution in [2.45, 2.75) is 57.7 Å². The molecule has 2 saturated heterocycles. The van der Waals surface area contributed by atoms with Crippen LogP contribution in [0.25, 0.3) is 0 Å². The first-order chi connectivity index (χ1) is 13.6. The number of aromatic nitrogens is 4. The molecule has 2 aromatic rings. The van der Waals surface area contributed by atoms with Crippen LogP contribution in [0.2, 0.25) is 0 Å². The van der Waals surface area contributed by atoms with Crippen molar-refractivity contribution < 1.29 is 5.11 Å². The summed E-state index contributed by atoms with van der Waals surface area (Å²) in [6, 6.07) is 6.26. The van der Waals surface area contributed by atoms with E-state index in [1.807, 2.05) is 13.0 Å². The third-order valence-electron chi connectivity index (χ3n) is 6.12. The average molecular weight is 385 g/mol. The summed E-state index contributed by atoms with van der Waals surface area (Å²) in [6.07, 6.45) is 3.93. The smallest absolute Gasteiger partial charge is 0.146 e. The molecule has 152 valence electrons. The van der Waals surface area contributed by atoms with Crippen LogP contribution in [0.1, 0.15) is 54.6 Å². The molecular weight excluding hydrogens is 352 g/mol. The van der Waals surface area contributed by atoms with E-state index < -0.39 is 0 Å². The lowest BCUT2D eigenvalue weighted by Crippen LogP contribution is -2.36. The van der Waals surface area contributed by atoms with E-state index in [2.05, 4.69) is 48.7 Å². The number of pyridine rings is 1. The Morgan fingerprint density at radius 1 is 1.04 bits per heavy atom. The monoisotopic (exact) mass is 384 g/mol. The highest BCUT2D eigenvalue weighted by atomic mass is 16.3. The largest absolute Gasteiger partial charge is 0.393 e. The van der Waals surface area contributed by atoms with E-state index in [9.17, 15) is 5.11 Å². The van der Waals surface area contributed by atoms with E-state index in [0.717, 1.165) is 75.1 Å². The van der Waals surface area contributed by atoms with Gasteiger partial charge in [-0.2, -0.15) is 0 Å². The van der Waals surface area contributed by atoms with Gasteiger partial charge in [0.1, 0.15) is 11.6 Å². The highest BCUT2D eigenvalue weighted by molar-refractivity contribution is 5.10. The molecule has 0 spiro atoms. The van der Waals surface area contributed by atoms with Crippen molar-refractivity contribution in [2.75, 3.05) is 26.2 Å². The maximum Gasteiger partial charge on any atom is 0.146 e. The fourth-order valence-electron chi connectivity index (χ4n) is 4.47. The molecule has 4 heterocycles. The average Bonchev–Trinajstić information content (AvgIpc) is 3.04. The minimum absolute atomic E-state index is 0.137. The molecule has 0 aromatic carbocycles. The van der Waals surface area contributed by atoms with Gasteiger partial charge in [0.2, 0.25) is 0 Å². The Bertz CT molecular complexity index is 783. The van der Waals surface area contributed by atoms with E-state index >= 15 is 0 Å². The summed E-state index contributed by atoms with van der Waals surface area (Å²) in [5.74, 6) is 2.56. The molecule has 7 heteroatoms. The minimum Gasteiger partial charge on any atom is -0.393 e. The maximum absolute atomic E-state index is 9.70. The number of aliphatic hydroxyl groups excluding tert-OH is 1. The van der Waals surface area contributed by atoms with Gasteiger partial charge in [0.15, 0.2) is 0 Å². The van der Waals surface area contributed by atoms with Gasteiger partial charge in [-0.1, -0.05) is 6.07 Å². The summed E-state index contributed by atoms with van der Waals surface area (Å²) in [6.45, 7) is 7.77. The molecule has 0 unspecified atom stereocenters. The topological polar surface area (TPSA) is 70.3 Å². The molecule has 0 radical (unpaired) electrons. The fourth-order valence-corrected chi connectivity index (χ4v) is 4.47. The summed E-state index contributed by atoms with van der Waals surface area (Å²) in [4.78, 5) is 9.53. The highest BCUT2D eigenvalue weighted by Crippen LogP contribution is 2.27. The second-order valence-corrected chi connectivity index (χ2v) is 8.39. The normalized spacial score (nSPS) is 22.6. The van der Waals surface area contributed by atoms with Gasteiger partial charge in [-0.05, 0) is 51.3 Å². The van der Waals surface area contributed by atoms with E-state index in [0.29, 0.717) is 5.92 Å². The van der Waals surface area contributed by atoms with E-state index in [4.69, 9.17) is 0 Å². The second-order valence-electron chi connectivity index (χ2n) is 8.39. The number of hydrogen-bond acceptors (Lipinski definition) is 6. The lowest BCUT2D eigenvalue weighted by atomic mass is 9.97. The predicted molar refractivity (Wildman–Crippen MR) is 108 cm³/mol. The predicted octanol–water partition coefficient (Wildman–Crippen LogP) is 1.85. The molecule has 0 amide bonds. The van der Waals surface area contributed by atoms with Crippen LogP contribution in [-0.2, 0) is 20.1 Å². The first-order valence-electron chi connectivity index (χ1n) is 10.5. The van der Waals surface area contributed by atoms with Crippen molar-refractivity contribution in [3.05, 3.63) is 41.2 Å². The lowest BCUT2D eigenvalue weighted by Gasteiger charge is -2.32. The van der Waals surface area contributed by atoms with E-state index in [-0.39, 0.29) is 6.10 Å². The van der Waals surface area contributed by atoms with E-state index in [1.165, 1.54) is 12.8 Å². The third kappa shape index (κ3) is 4.59. The van der Waals surface area contributed by atoms with Crippen molar-refractivity contribution in [3.63, 3.8) is 0 Å². The van der Waals surface area contributed by atoms with Crippen molar-refractivity contribution in [3.8, 4) is 0 Å². The Labute approximate surface area is 167 Å². The van der Waals surface area contributed by atoms with Crippen LogP contribution in [0.15, 0.2) is 18.2 Å². The van der Waals surface area contributed by atoms with Gasteiger partial charge in [-0.3, -0.25) is 14.8 Å². The van der Waals surface area contributed by atoms with Crippen molar-refractivity contribution >= 4 is 0 Å². The van der Waals surface area contributed by atoms with Gasteiger partial charge < -0.3 is 9.67 Å². The summed E-state index contributed by atoms with van der Waals surface area (Å²) < 4.78 is 2.20. The molecule has 0 saturated carbocycles. The Morgan fingerprint density at radius 2 is 1.86 bits per heavy atom. The number of nitrogens with zero attached hydrogens (tertiary/aromatic N) is 6. The number of aliphatic hydroxyl groups is 1. The molecule has 2 aliphatic heterocycles. The van der Waals surface area contributed by atoms with Gasteiger partial charge >= 0.3 is 0 Å². The molecule has 1 N–H and O–H groups in total. The van der Waals surface area contributed by atoms with Gasteiger partial charge in [-0.15, -0.1) is 10.2 Å². The van der Waals surface area contributed by atoms with Gasteiger partial charge in [0, 0.05) is 44.8 Å². The lowest BCUT2D eigenvalue weighted by molar-refractivity contribution is 0.0775. The zero-order chi connectivity index (χ0) is 19.5. The van der Waals surface area contributed by atoms with Crippen LogP contribution in [0.3, 0.4) is 0 Å². The van der Waals surface area contributed by atoms with Crippen LogP contribution in [0, 0.1) is 6.92 Å². The second kappa shape index (κ2) is 8.68. The number of rotatable bonds is 5. The Hall–Kier alpha value is -1.83. The SMILES string of the molecule is Cc1cccc(CN2CCC[C@H](c3nnc(CN4CCC(O)CC4)n3C)C2)n1. The molecule has 2 fully saturated rings. The highest BCUT2D eigenvalue weighted by Gasteiger charge is 2.27. The van der Waals surface area contributed by atoms with Crippen molar-refractivity contribution in [1.82, 2.24) is 29.5 Å². The summed E-state index contributed by atoms with van der Waals surface area (Å²) in [5.41, 5.74) is 2.22. The fraction of sp³-hybridized carbons (Fsp3) is 0.667. The molecule has 7 nitrogen and oxygen atoms in total. The van der Waals surface area contributed by atoms with Crippen LogP contribution in [0.5, 0.6) is 0 Å². The van der Waals surface area contributed by atoms with E-state index in [1.54, 1.807) is 0 Å². The number of piperidine rings is 2. The first kappa shape index (κ1) is 19.5. The molecule has 1 atom stereocenters. The molecule has 28 heavy (non-hydrogen) atoms. The Kier molecular flexibility index (Phi) is 6.04. The van der Waals surface area contributed by atoms with Gasteiger partial charge in [-0.25, -0.2) is 0 Å². The minimum atomic E-state index is -0.137. The van der Waals surface area contributed by atoms with Crippen LogP contribution in [0.4, 0.5) is 0 Å². The molecule has 4 rings (SSSR count). The molecule has 0 aliphatic carbocycles. The van der Waals surface area contributed by atoms with Crippen molar-refractivity contribution in [2.24, 2.45) is 7.05 Å². The zero-order valence-electron chi connectivity index (χ0n) is 17.1. The molecule has 2 aliphatic rings. The molecule has 2 aromatic heterocycles. The molecule has 0 bridgehead atoms. The quantitative estimate of drug-likeness (QED) is 0.848. The standard InChI is InChI=1S/C21H32N6O/c1-16-5-3-7-18(22-16)14-27-10-4-6-17(13-27)21-24-23-20(25(21)2)15-26-11-8-19(28)9-12-26/h3,5,7,17,19,28H,4,6,8-15H2,1-2H3/t17-/m0/s1. The molecular formula is C21H32N6O. The summed E-state index contributed by atoms with van der Waals surface area (Å²) in [5, 5.41) is 18.8. The van der Waals surface area contributed by atoms with Gasteiger partial charge in [0.05, 0.1) is 18.3 Å². The summed E-state index contributed by atoms with van der Waals surface area (Å²) in [7, 11) is 2.10. The maximum atomic E-state index is 9.70. The third-order valence-corrected chi connectivity index (χ3v) is 6.12. The Morgan fingerprint density at radius 3 is 2.64 bits per heavy atom. The van der Waals surface area contributed by atoms with Gasteiger partial charge in [0.25, 0.3) is 0 Å². The Balaban J connectivity index is 1.39.